The Balaban J connectivity index is 0.000000654. The van der Waals surface area contributed by atoms with Crippen molar-refractivity contribution in [3.05, 3.63) is 95.3 Å². The average molecular weight is 475 g/mol. The van der Waals surface area contributed by atoms with E-state index in [1.807, 2.05) is 73.7 Å². The third-order valence-corrected chi connectivity index (χ3v) is 7.26. The van der Waals surface area contributed by atoms with Gasteiger partial charge in [0.2, 0.25) is 0 Å². The molecule has 6 heteroatoms. The Morgan fingerprint density at radius 2 is 1.50 bits per heavy atom. The SMILES string of the molecule is CC1=CCC(OCc2ccccc2)(S(=O)(O)=S)C=C1OCc1ccccc1.CCCCC. The van der Waals surface area contributed by atoms with Gasteiger partial charge in [-0.1, -0.05) is 99.8 Å². The van der Waals surface area contributed by atoms with Crippen LogP contribution in [0.2, 0.25) is 0 Å². The summed E-state index contributed by atoms with van der Waals surface area (Å²) in [6.07, 6.45) is 7.72. The molecule has 2 unspecified atom stereocenters. The molecular weight excluding hydrogens is 440 g/mol. The lowest BCUT2D eigenvalue weighted by molar-refractivity contribution is 0.0337. The first kappa shape index (κ1) is 26.3. The monoisotopic (exact) mass is 474 g/mol. The predicted octanol–water partition coefficient (Wildman–Crippen LogP) is 6.77. The van der Waals surface area contributed by atoms with E-state index in [-0.39, 0.29) is 13.0 Å². The van der Waals surface area contributed by atoms with Gasteiger partial charge < -0.3 is 14.0 Å². The maximum atomic E-state index is 12.5. The Labute approximate surface area is 197 Å². The van der Waals surface area contributed by atoms with Crippen molar-refractivity contribution in [1.29, 1.82) is 0 Å². The van der Waals surface area contributed by atoms with Gasteiger partial charge in [0.1, 0.15) is 12.4 Å². The molecule has 0 saturated carbocycles. The number of benzene rings is 2. The van der Waals surface area contributed by atoms with E-state index in [2.05, 4.69) is 13.8 Å². The lowest BCUT2D eigenvalue weighted by Gasteiger charge is -2.33. The van der Waals surface area contributed by atoms with Crippen LogP contribution in [0.25, 0.3) is 0 Å². The van der Waals surface area contributed by atoms with E-state index in [9.17, 15) is 8.76 Å². The summed E-state index contributed by atoms with van der Waals surface area (Å²) in [7, 11) is -3.69. The highest BCUT2D eigenvalue weighted by molar-refractivity contribution is 8.30. The van der Waals surface area contributed by atoms with Crippen LogP contribution in [0, 0.1) is 0 Å². The minimum atomic E-state index is -3.69. The first-order chi connectivity index (χ1) is 15.3. The highest BCUT2D eigenvalue weighted by atomic mass is 32.8. The molecule has 3 rings (SSSR count). The Kier molecular flexibility index (Phi) is 10.6. The van der Waals surface area contributed by atoms with Gasteiger partial charge in [0, 0.05) is 23.7 Å². The largest absolute Gasteiger partial charge is 0.489 e. The van der Waals surface area contributed by atoms with Crippen LogP contribution in [-0.4, -0.2) is 13.7 Å². The Morgan fingerprint density at radius 1 is 0.969 bits per heavy atom. The molecule has 4 nitrogen and oxygen atoms in total. The summed E-state index contributed by atoms with van der Waals surface area (Å²) in [5.41, 5.74) is 2.81. The summed E-state index contributed by atoms with van der Waals surface area (Å²) in [6, 6.07) is 19.2. The van der Waals surface area contributed by atoms with Crippen LogP contribution < -0.4 is 0 Å². The van der Waals surface area contributed by atoms with Crippen LogP contribution in [-0.2, 0) is 42.6 Å². The fourth-order valence-corrected chi connectivity index (χ4v) is 4.40. The van der Waals surface area contributed by atoms with Crippen molar-refractivity contribution in [2.45, 2.75) is 64.6 Å². The van der Waals surface area contributed by atoms with Gasteiger partial charge in [-0.15, -0.1) is 0 Å². The molecule has 32 heavy (non-hydrogen) atoms. The van der Waals surface area contributed by atoms with Gasteiger partial charge in [-0.25, -0.2) is 4.21 Å². The summed E-state index contributed by atoms with van der Waals surface area (Å²) < 4.78 is 34.6. The van der Waals surface area contributed by atoms with E-state index >= 15 is 0 Å². The van der Waals surface area contributed by atoms with Gasteiger partial charge in [0.15, 0.2) is 13.7 Å². The van der Waals surface area contributed by atoms with Crippen molar-refractivity contribution in [3.8, 4) is 0 Å². The highest BCUT2D eigenvalue weighted by Crippen LogP contribution is 2.35. The number of hydrogen-bond donors (Lipinski definition) is 1. The molecule has 0 bridgehead atoms. The second-order valence-corrected chi connectivity index (χ2v) is 10.8. The van der Waals surface area contributed by atoms with E-state index in [0.29, 0.717) is 12.4 Å². The van der Waals surface area contributed by atoms with Crippen LogP contribution in [0.4, 0.5) is 0 Å². The standard InChI is InChI=1S/C21H22O4S2.C5H12/c1-17-12-13-21(27(22,23)26,25-16-19-10-6-3-7-11-19)14-20(17)24-15-18-8-4-2-5-9-18;1-3-5-4-2/h2-12,14H,13,15-16H2,1H3,(H,22,23,26);3-5H2,1-2H3. The molecule has 0 saturated heterocycles. The lowest BCUT2D eigenvalue weighted by atomic mass is 10.0. The van der Waals surface area contributed by atoms with Gasteiger partial charge in [-0.05, 0) is 23.6 Å². The molecule has 2 aromatic carbocycles. The molecule has 1 aliphatic carbocycles. The smallest absolute Gasteiger partial charge is 0.194 e. The quantitative estimate of drug-likeness (QED) is 0.435. The summed E-state index contributed by atoms with van der Waals surface area (Å²) in [5.74, 6) is 0.518. The fourth-order valence-electron chi connectivity index (χ4n) is 3.15. The normalized spacial score (nSPS) is 19.6. The molecule has 0 aromatic heterocycles. The maximum absolute atomic E-state index is 12.5. The van der Waals surface area contributed by atoms with Gasteiger partial charge in [0.05, 0.1) is 6.61 Å². The van der Waals surface area contributed by atoms with Crippen molar-refractivity contribution in [1.82, 2.24) is 0 Å². The Morgan fingerprint density at radius 3 is 1.97 bits per heavy atom. The van der Waals surface area contributed by atoms with Crippen molar-refractivity contribution in [2.24, 2.45) is 0 Å². The van der Waals surface area contributed by atoms with Crippen LogP contribution in [0.15, 0.2) is 84.1 Å². The van der Waals surface area contributed by atoms with Crippen LogP contribution in [0.5, 0.6) is 0 Å². The number of hydrogen-bond acceptors (Lipinski definition) is 4. The predicted molar refractivity (Wildman–Crippen MR) is 135 cm³/mol. The van der Waals surface area contributed by atoms with Gasteiger partial charge in [0.25, 0.3) is 0 Å². The average Bonchev–Trinajstić information content (AvgIpc) is 2.79. The summed E-state index contributed by atoms with van der Waals surface area (Å²) >= 11 is 4.93. The lowest BCUT2D eigenvalue weighted by Crippen LogP contribution is -2.40. The summed E-state index contributed by atoms with van der Waals surface area (Å²) in [6.45, 7) is 6.87. The van der Waals surface area contributed by atoms with E-state index in [1.165, 1.54) is 19.3 Å². The molecule has 2 aromatic rings. The van der Waals surface area contributed by atoms with E-state index in [4.69, 9.17) is 20.7 Å². The van der Waals surface area contributed by atoms with Crippen LogP contribution >= 0.6 is 0 Å². The van der Waals surface area contributed by atoms with Crippen molar-refractivity contribution in [3.63, 3.8) is 0 Å². The first-order valence-corrected chi connectivity index (χ1v) is 13.5. The minimum absolute atomic E-state index is 0.185. The van der Waals surface area contributed by atoms with Crippen molar-refractivity contribution < 1.29 is 18.2 Å². The molecule has 0 fully saturated rings. The summed E-state index contributed by atoms with van der Waals surface area (Å²) in [5, 5.41) is 0. The topological polar surface area (TPSA) is 55.8 Å². The van der Waals surface area contributed by atoms with Gasteiger partial charge >= 0.3 is 0 Å². The third-order valence-electron chi connectivity index (χ3n) is 5.14. The van der Waals surface area contributed by atoms with E-state index in [0.717, 1.165) is 16.7 Å². The van der Waals surface area contributed by atoms with Gasteiger partial charge in [-0.2, -0.15) is 0 Å². The first-order valence-electron chi connectivity index (χ1n) is 11.0. The third kappa shape index (κ3) is 7.85. The molecule has 1 aliphatic rings. The molecular formula is C26H34O4S2. The molecule has 0 aliphatic heterocycles. The molecule has 0 amide bonds. The molecule has 0 radical (unpaired) electrons. The second-order valence-electron chi connectivity index (χ2n) is 7.79. The molecule has 0 spiro atoms. The molecule has 1 N–H and O–H groups in total. The maximum Gasteiger partial charge on any atom is 0.194 e. The fraction of sp³-hybridized carbons (Fsp3) is 0.385. The number of ether oxygens (including phenoxy) is 2. The molecule has 2 atom stereocenters. The number of allylic oxidation sites excluding steroid dienone is 1. The van der Waals surface area contributed by atoms with E-state index in [1.54, 1.807) is 6.08 Å². The zero-order valence-corrected chi connectivity index (χ0v) is 20.8. The molecule has 0 heterocycles. The molecule has 174 valence electrons. The second kappa shape index (κ2) is 12.9. The zero-order valence-electron chi connectivity index (χ0n) is 19.2. The van der Waals surface area contributed by atoms with Gasteiger partial charge in [-0.3, -0.25) is 0 Å². The highest BCUT2D eigenvalue weighted by Gasteiger charge is 2.41. The minimum Gasteiger partial charge on any atom is -0.489 e. The van der Waals surface area contributed by atoms with Crippen LogP contribution in [0.1, 0.15) is 57.6 Å². The van der Waals surface area contributed by atoms with Crippen molar-refractivity contribution >= 4 is 20.0 Å². The summed E-state index contributed by atoms with van der Waals surface area (Å²) in [4.78, 5) is -1.50. The van der Waals surface area contributed by atoms with E-state index < -0.39 is 13.7 Å². The number of unbranched alkanes of at least 4 members (excludes halogenated alkanes) is 2. The number of rotatable bonds is 9. The zero-order chi connectivity index (χ0) is 23.5. The Bertz CT molecular complexity index is 981. The Hall–Kier alpha value is -1.99. The van der Waals surface area contributed by atoms with Crippen molar-refractivity contribution in [2.75, 3.05) is 0 Å². The van der Waals surface area contributed by atoms with Crippen LogP contribution in [0.3, 0.4) is 0 Å².